The van der Waals surface area contributed by atoms with Gasteiger partial charge < -0.3 is 9.31 Å². The van der Waals surface area contributed by atoms with E-state index in [1.165, 1.54) is 107 Å². The van der Waals surface area contributed by atoms with Crippen LogP contribution in [0.15, 0.2) is 425 Å². The molecule has 0 amide bonds. The zero-order valence-corrected chi connectivity index (χ0v) is 71.6. The minimum Gasteiger partial charge on any atom is -0.399 e. The Hall–Kier alpha value is -14.3. The van der Waals surface area contributed by atoms with E-state index in [1.54, 1.807) is 0 Å². The van der Waals surface area contributed by atoms with Gasteiger partial charge in [0.15, 0.2) is 45.3 Å². The van der Waals surface area contributed by atoms with Gasteiger partial charge in [-0.15, -0.1) is 0 Å². The Balaban J connectivity index is 0.000000123. The normalized spacial score (nSPS) is 14.0. The van der Waals surface area contributed by atoms with Crippen molar-refractivity contribution in [2.45, 2.75) is 38.9 Å². The molecule has 3 aliphatic rings. The molecule has 5 heterocycles. The van der Waals surface area contributed by atoms with Gasteiger partial charge in [0, 0.05) is 27.8 Å². The number of hydrogen-bond donors (Lipinski definition) is 0. The summed E-state index contributed by atoms with van der Waals surface area (Å²) < 4.78 is 13.1. The van der Waals surface area contributed by atoms with Crippen molar-refractivity contribution in [2.75, 3.05) is 0 Å². The van der Waals surface area contributed by atoms with E-state index in [0.717, 1.165) is 55.5 Å². The number of rotatable bonds is 12. The van der Waals surface area contributed by atoms with E-state index >= 15 is 0 Å². The molecule has 124 heavy (non-hydrogen) atoms. The van der Waals surface area contributed by atoms with Crippen LogP contribution in [0.5, 0.6) is 0 Å². The second kappa shape index (κ2) is 32.0. The predicted octanol–water partition coefficient (Wildman–Crippen LogP) is 21.4. The number of fused-ring (bicyclic) bond motifs is 16. The molecule has 23 rings (SSSR count). The highest BCUT2D eigenvalue weighted by Crippen LogP contribution is 2.44. The van der Waals surface area contributed by atoms with E-state index in [2.05, 4.69) is 382 Å². The molecule has 0 bridgehead atoms. The summed E-state index contributed by atoms with van der Waals surface area (Å²) in [5, 5.41) is 21.9. The van der Waals surface area contributed by atoms with Crippen molar-refractivity contribution in [2.24, 2.45) is 0 Å². The Morgan fingerprint density at radius 1 is 0.234 bits per heavy atom. The molecule has 8 nitrogen and oxygen atoms in total. The fourth-order valence-electron chi connectivity index (χ4n) is 19.1. The van der Waals surface area contributed by atoms with Gasteiger partial charge >= 0.3 is 7.12 Å². The molecule has 0 unspecified atom stereocenters. The van der Waals surface area contributed by atoms with Crippen LogP contribution in [0.1, 0.15) is 27.7 Å². The molecule has 2 aromatic heterocycles. The third-order valence-electron chi connectivity index (χ3n) is 25.4. The Kier molecular flexibility index (Phi) is 19.9. The molecule has 20 aromatic rings. The SMILES string of the molecule is CC1(C)OB(c2ccc3c(c2)-c2c(c4ccccc4c4ccccc24)[Si]3(c2ccccc2)c2ccccc2)OC1(C)C.Clc1nc(-c2ccccc2)nc(-c2cccc(-c3ccccc3)c2)n1.c1ccc(-c2cccc(-c3nc(-c4ccccc4)nc(-c4ccc5c(c4)-c4c(c6ccccc6c6ccccc46)[Si]5(c4ccccc4)c4ccccc4)n3)c2)cc1. The first-order chi connectivity index (χ1) is 60.9. The van der Waals surface area contributed by atoms with E-state index in [4.69, 9.17) is 35.9 Å². The fourth-order valence-corrected chi connectivity index (χ4v) is 30.0. The Bertz CT molecular complexity index is 7350. The molecule has 1 saturated heterocycles. The van der Waals surface area contributed by atoms with Crippen molar-refractivity contribution in [3.05, 3.63) is 430 Å². The van der Waals surface area contributed by atoms with Crippen LogP contribution in [0.2, 0.25) is 5.28 Å². The molecular weight excluding hydrogens is 1560 g/mol. The summed E-state index contributed by atoms with van der Waals surface area (Å²) in [4.78, 5) is 28.8. The minimum atomic E-state index is -2.85. The standard InChI is InChI=1S/C53H35N3Si.C38H33BO2Si.C21H14ClN3/c1-5-18-36(19-6-1)38-22-17-23-39(34-38)52-54-51(37-20-7-2-8-21-37)55-53(56-52)40-32-33-48-47(35-40)49-45-30-15-13-28-43(45)44-29-14-16-31-46(44)50(49)57(48,41-24-9-3-10-25-41)42-26-11-4-12-27-42;1-37(2)38(3,4)41-39(40-37)26-23-24-34-33(25-26)35-31-21-13-11-19-29(31)30-20-12-14-22-32(30)36(35)42(34,27-15-7-5-8-16-27)28-17-9-6-10-18-28;22-21-24-19(16-10-5-2-6-11-16)23-20(25-21)18-13-7-12-17(14-18)15-8-3-1-4-9-15/h1-35H;5-25H,1-4H3;1-14H. The van der Waals surface area contributed by atoms with Crippen molar-refractivity contribution in [3.63, 3.8) is 0 Å². The van der Waals surface area contributed by atoms with Crippen LogP contribution < -0.4 is 47.0 Å². The van der Waals surface area contributed by atoms with Gasteiger partial charge in [-0.1, -0.05) is 406 Å². The molecule has 0 aliphatic carbocycles. The number of halogens is 1. The Morgan fingerprint density at radius 2 is 0.500 bits per heavy atom. The van der Waals surface area contributed by atoms with Crippen LogP contribution in [0.4, 0.5) is 0 Å². The van der Waals surface area contributed by atoms with Crippen LogP contribution >= 0.6 is 11.6 Å². The van der Waals surface area contributed by atoms with E-state index in [9.17, 15) is 0 Å². The number of aromatic nitrogens is 6. The third-order valence-corrected chi connectivity index (χ3v) is 35.4. The molecule has 3 aliphatic heterocycles. The van der Waals surface area contributed by atoms with Gasteiger partial charge in [0.05, 0.1) is 11.2 Å². The van der Waals surface area contributed by atoms with Crippen molar-refractivity contribution < 1.29 is 9.31 Å². The first kappa shape index (κ1) is 77.1. The van der Waals surface area contributed by atoms with Crippen LogP contribution in [0.25, 0.3) is 145 Å². The maximum Gasteiger partial charge on any atom is 0.494 e. The number of nitrogens with zero attached hydrogens (tertiary/aromatic N) is 6. The van der Waals surface area contributed by atoms with Gasteiger partial charge in [-0.3, -0.25) is 0 Å². The molecule has 18 aromatic carbocycles. The summed E-state index contributed by atoms with van der Waals surface area (Å²) in [5.41, 5.74) is 14.7. The third kappa shape index (κ3) is 13.4. The second-order valence-corrected chi connectivity index (χ2v) is 40.7. The van der Waals surface area contributed by atoms with Gasteiger partial charge in [0.2, 0.25) is 5.28 Å². The number of hydrogen-bond acceptors (Lipinski definition) is 8. The zero-order valence-electron chi connectivity index (χ0n) is 68.9. The van der Waals surface area contributed by atoms with Crippen molar-refractivity contribution in [1.82, 2.24) is 29.9 Å². The smallest absolute Gasteiger partial charge is 0.399 e. The van der Waals surface area contributed by atoms with Gasteiger partial charge in [0.25, 0.3) is 0 Å². The van der Waals surface area contributed by atoms with E-state index in [1.807, 2.05) is 84.9 Å². The Labute approximate surface area is 729 Å². The van der Waals surface area contributed by atoms with Gasteiger partial charge in [0.1, 0.15) is 0 Å². The molecule has 0 N–H and O–H groups in total. The average molecular weight is 1650 g/mol. The lowest BCUT2D eigenvalue weighted by Crippen LogP contribution is -2.73. The van der Waals surface area contributed by atoms with Gasteiger partial charge in [-0.25, -0.2) is 19.9 Å². The molecule has 590 valence electrons. The van der Waals surface area contributed by atoms with Crippen LogP contribution in [-0.2, 0) is 9.31 Å². The summed E-state index contributed by atoms with van der Waals surface area (Å²) in [6.45, 7) is 8.49. The van der Waals surface area contributed by atoms with Crippen LogP contribution in [0.3, 0.4) is 0 Å². The summed E-state index contributed by atoms with van der Waals surface area (Å²) in [6, 6.07) is 152. The van der Waals surface area contributed by atoms with E-state index in [0.29, 0.717) is 29.1 Å². The zero-order chi connectivity index (χ0) is 83.5. The molecule has 12 heteroatoms. The van der Waals surface area contributed by atoms with Gasteiger partial charge in [-0.05, 0) is 192 Å². The number of benzene rings is 18. The molecule has 1 fully saturated rings. The minimum absolute atomic E-state index is 0.189. The fraction of sp³-hybridized carbons (Fsp3) is 0.0536. The van der Waals surface area contributed by atoms with Gasteiger partial charge in [-0.2, -0.15) is 9.97 Å². The van der Waals surface area contributed by atoms with Crippen LogP contribution in [0, 0.1) is 0 Å². The van der Waals surface area contributed by atoms with Crippen molar-refractivity contribution in [1.29, 1.82) is 0 Å². The highest BCUT2D eigenvalue weighted by Gasteiger charge is 2.55. The first-order valence-electron chi connectivity index (χ1n) is 42.3. The molecule has 0 atom stereocenters. The summed E-state index contributed by atoms with van der Waals surface area (Å²) in [7, 11) is -5.97. The lowest BCUT2D eigenvalue weighted by atomic mass is 9.77. The lowest BCUT2D eigenvalue weighted by Gasteiger charge is -2.32. The topological polar surface area (TPSA) is 95.8 Å². The predicted molar refractivity (Wildman–Crippen MR) is 520 cm³/mol. The monoisotopic (exact) mass is 1640 g/mol. The average Bonchev–Trinajstić information content (AvgIpc) is 1.51. The largest absolute Gasteiger partial charge is 0.494 e. The van der Waals surface area contributed by atoms with E-state index < -0.39 is 34.5 Å². The maximum atomic E-state index is 6.57. The van der Waals surface area contributed by atoms with Crippen molar-refractivity contribution >= 4 is 125 Å². The summed E-state index contributed by atoms with van der Waals surface area (Å²) in [6.07, 6.45) is 0. The highest BCUT2D eigenvalue weighted by molar-refractivity contribution is 7.24. The summed E-state index contributed by atoms with van der Waals surface area (Å²) >= 11 is 6.14. The van der Waals surface area contributed by atoms with Crippen LogP contribution in [-0.4, -0.2) is 64.4 Å². The molecule has 0 radical (unpaired) electrons. The quantitative estimate of drug-likeness (QED) is 0.0882. The second-order valence-electron chi connectivity index (χ2n) is 33.0. The molecule has 0 saturated carbocycles. The highest BCUT2D eigenvalue weighted by atomic mass is 35.5. The van der Waals surface area contributed by atoms with E-state index in [-0.39, 0.29) is 5.28 Å². The summed E-state index contributed by atoms with van der Waals surface area (Å²) in [5.74, 6) is 3.08. The first-order valence-corrected chi connectivity index (χ1v) is 46.6. The lowest BCUT2D eigenvalue weighted by molar-refractivity contribution is 0.00578. The molecular formula is C112H82BClN6O2Si2. The molecule has 0 spiro atoms. The van der Waals surface area contributed by atoms with Crippen molar-refractivity contribution in [3.8, 4) is 101 Å². The Morgan fingerprint density at radius 3 is 0.879 bits per heavy atom. The maximum absolute atomic E-state index is 6.57.